The maximum Gasteiger partial charge on any atom is 0.114 e. The molecule has 0 aromatic rings. The molecule has 0 aliphatic carbocycles. The monoisotopic (exact) mass is 358 g/mol. The van der Waals surface area contributed by atoms with Crippen LogP contribution < -0.4 is 0 Å². The molecule has 1 aliphatic heterocycles. The maximum absolute atomic E-state index is 9.79. The van der Waals surface area contributed by atoms with Crippen molar-refractivity contribution < 1.29 is 24.8 Å². The van der Waals surface area contributed by atoms with Crippen LogP contribution in [0.15, 0.2) is 12.2 Å². The van der Waals surface area contributed by atoms with Gasteiger partial charge in [-0.15, -0.1) is 0 Å². The molecule has 3 N–H and O–H groups in total. The van der Waals surface area contributed by atoms with Crippen LogP contribution in [0.2, 0.25) is 0 Å². The molecule has 0 aromatic heterocycles. The van der Waals surface area contributed by atoms with E-state index < -0.39 is 24.4 Å². The summed E-state index contributed by atoms with van der Waals surface area (Å²) in [6.45, 7) is 2.66. The number of aliphatic hydroxyl groups excluding tert-OH is 3. The van der Waals surface area contributed by atoms with Crippen LogP contribution in [-0.2, 0) is 9.47 Å². The molecule has 1 saturated heterocycles. The molecule has 0 aromatic carbocycles. The van der Waals surface area contributed by atoms with E-state index in [0.29, 0.717) is 6.61 Å². The summed E-state index contributed by atoms with van der Waals surface area (Å²) in [7, 11) is 0. The van der Waals surface area contributed by atoms with Crippen molar-refractivity contribution in [1.29, 1.82) is 0 Å². The van der Waals surface area contributed by atoms with Crippen molar-refractivity contribution in [3.05, 3.63) is 12.2 Å². The van der Waals surface area contributed by atoms with Crippen molar-refractivity contribution in [1.82, 2.24) is 0 Å². The first-order chi connectivity index (χ1) is 12.2. The van der Waals surface area contributed by atoms with Gasteiger partial charge in [0.1, 0.15) is 24.4 Å². The third kappa shape index (κ3) is 9.71. The van der Waals surface area contributed by atoms with Crippen LogP contribution in [-0.4, -0.2) is 59.6 Å². The van der Waals surface area contributed by atoms with Gasteiger partial charge in [0.15, 0.2) is 0 Å². The SMILES string of the molecule is CCCCCC/C=C/CCCCCCO[C@H](CO)[C@H]1OC[C@H](O)[C@H]1O. The Balaban J connectivity index is 1.95. The summed E-state index contributed by atoms with van der Waals surface area (Å²) < 4.78 is 10.9. The number of ether oxygens (including phenoxy) is 2. The Hall–Kier alpha value is -0.460. The number of allylic oxidation sites excluding steroid dienone is 2. The van der Waals surface area contributed by atoms with E-state index in [9.17, 15) is 15.3 Å². The molecule has 4 atom stereocenters. The van der Waals surface area contributed by atoms with Gasteiger partial charge >= 0.3 is 0 Å². The fraction of sp³-hybridized carbons (Fsp3) is 0.900. The largest absolute Gasteiger partial charge is 0.394 e. The van der Waals surface area contributed by atoms with Crippen LogP contribution in [0, 0.1) is 0 Å². The van der Waals surface area contributed by atoms with E-state index >= 15 is 0 Å². The van der Waals surface area contributed by atoms with E-state index in [1.807, 2.05) is 0 Å². The van der Waals surface area contributed by atoms with Crippen LogP contribution in [0.5, 0.6) is 0 Å². The first-order valence-corrected chi connectivity index (χ1v) is 10.1. The molecule has 5 heteroatoms. The number of hydrogen-bond acceptors (Lipinski definition) is 5. The van der Waals surface area contributed by atoms with E-state index in [2.05, 4.69) is 19.1 Å². The highest BCUT2D eigenvalue weighted by atomic mass is 16.6. The lowest BCUT2D eigenvalue weighted by Gasteiger charge is -2.24. The number of aliphatic hydroxyl groups is 3. The van der Waals surface area contributed by atoms with Gasteiger partial charge in [-0.05, 0) is 32.1 Å². The number of rotatable bonds is 15. The number of unbranched alkanes of at least 4 members (excludes halogenated alkanes) is 8. The summed E-state index contributed by atoms with van der Waals surface area (Å²) >= 11 is 0. The highest BCUT2D eigenvalue weighted by Crippen LogP contribution is 2.19. The molecule has 0 amide bonds. The van der Waals surface area contributed by atoms with E-state index in [4.69, 9.17) is 9.47 Å². The van der Waals surface area contributed by atoms with Gasteiger partial charge in [-0.3, -0.25) is 0 Å². The Morgan fingerprint density at radius 1 is 1.00 bits per heavy atom. The lowest BCUT2D eigenvalue weighted by molar-refractivity contribution is -0.101. The zero-order valence-electron chi connectivity index (χ0n) is 15.8. The molecule has 5 nitrogen and oxygen atoms in total. The maximum atomic E-state index is 9.79. The van der Waals surface area contributed by atoms with Crippen molar-refractivity contribution in [2.45, 2.75) is 95.5 Å². The van der Waals surface area contributed by atoms with E-state index in [0.717, 1.165) is 19.3 Å². The molecular weight excluding hydrogens is 320 g/mol. The normalized spacial score (nSPS) is 25.0. The summed E-state index contributed by atoms with van der Waals surface area (Å²) in [6.07, 6.45) is 13.6. The summed E-state index contributed by atoms with van der Waals surface area (Å²) in [5, 5.41) is 28.6. The van der Waals surface area contributed by atoms with Crippen molar-refractivity contribution >= 4 is 0 Å². The number of hydrogen-bond donors (Lipinski definition) is 3. The van der Waals surface area contributed by atoms with Crippen LogP contribution in [0.1, 0.15) is 71.1 Å². The molecule has 0 spiro atoms. The van der Waals surface area contributed by atoms with Gasteiger partial charge < -0.3 is 24.8 Å². The predicted molar refractivity (Wildman–Crippen MR) is 99.6 cm³/mol. The molecule has 1 aliphatic rings. The first kappa shape index (κ1) is 22.6. The van der Waals surface area contributed by atoms with Crippen molar-refractivity contribution in [2.24, 2.45) is 0 Å². The second kappa shape index (κ2) is 14.7. The Kier molecular flexibility index (Phi) is 13.3. The minimum Gasteiger partial charge on any atom is -0.394 e. The average molecular weight is 359 g/mol. The van der Waals surface area contributed by atoms with E-state index in [1.54, 1.807) is 0 Å². The van der Waals surface area contributed by atoms with Gasteiger partial charge in [0.2, 0.25) is 0 Å². The Morgan fingerprint density at radius 3 is 2.20 bits per heavy atom. The second-order valence-corrected chi connectivity index (χ2v) is 6.97. The fourth-order valence-corrected chi connectivity index (χ4v) is 3.08. The van der Waals surface area contributed by atoms with Gasteiger partial charge in [-0.1, -0.05) is 51.2 Å². The van der Waals surface area contributed by atoms with Crippen molar-refractivity contribution in [2.75, 3.05) is 19.8 Å². The van der Waals surface area contributed by atoms with Crippen molar-refractivity contribution in [3.8, 4) is 0 Å². The molecule has 0 saturated carbocycles. The summed E-state index contributed by atoms with van der Waals surface area (Å²) in [5.74, 6) is 0. The highest BCUT2D eigenvalue weighted by molar-refractivity contribution is 4.88. The molecule has 0 bridgehead atoms. The predicted octanol–water partition coefficient (Wildman–Crippen LogP) is 2.96. The highest BCUT2D eigenvalue weighted by Gasteiger charge is 2.40. The molecule has 148 valence electrons. The average Bonchev–Trinajstić information content (AvgIpc) is 2.95. The Bertz CT molecular complexity index is 334. The molecular formula is C20H38O5. The van der Waals surface area contributed by atoms with Crippen LogP contribution >= 0.6 is 0 Å². The van der Waals surface area contributed by atoms with Gasteiger partial charge in [-0.25, -0.2) is 0 Å². The van der Waals surface area contributed by atoms with E-state index in [-0.39, 0.29) is 13.2 Å². The second-order valence-electron chi connectivity index (χ2n) is 6.97. The zero-order valence-corrected chi connectivity index (χ0v) is 15.8. The van der Waals surface area contributed by atoms with Gasteiger partial charge in [0.05, 0.1) is 13.2 Å². The summed E-state index contributed by atoms with van der Waals surface area (Å²) in [4.78, 5) is 0. The summed E-state index contributed by atoms with van der Waals surface area (Å²) in [6, 6.07) is 0. The summed E-state index contributed by atoms with van der Waals surface area (Å²) in [5.41, 5.74) is 0. The third-order valence-electron chi connectivity index (χ3n) is 4.72. The quantitative estimate of drug-likeness (QED) is 0.310. The van der Waals surface area contributed by atoms with E-state index in [1.165, 1.54) is 44.9 Å². The molecule has 1 heterocycles. The first-order valence-electron chi connectivity index (χ1n) is 10.1. The minimum atomic E-state index is -0.981. The van der Waals surface area contributed by atoms with Gasteiger partial charge in [0.25, 0.3) is 0 Å². The van der Waals surface area contributed by atoms with Crippen LogP contribution in [0.3, 0.4) is 0 Å². The topological polar surface area (TPSA) is 79.2 Å². The van der Waals surface area contributed by atoms with Crippen LogP contribution in [0.25, 0.3) is 0 Å². The molecule has 1 fully saturated rings. The molecule has 0 radical (unpaired) electrons. The molecule has 25 heavy (non-hydrogen) atoms. The van der Waals surface area contributed by atoms with Gasteiger partial charge in [-0.2, -0.15) is 0 Å². The Morgan fingerprint density at radius 2 is 1.64 bits per heavy atom. The van der Waals surface area contributed by atoms with Crippen molar-refractivity contribution in [3.63, 3.8) is 0 Å². The minimum absolute atomic E-state index is 0.0951. The smallest absolute Gasteiger partial charge is 0.114 e. The zero-order chi connectivity index (χ0) is 18.3. The third-order valence-corrected chi connectivity index (χ3v) is 4.72. The standard InChI is InChI=1S/C20H38O5/c1-2-3-4-5-6-7-8-9-10-11-12-13-14-24-18(15-21)20-19(23)17(22)16-25-20/h7-8,17-23H,2-6,9-16H2,1H3/b8-7+/t17-,18+,19+,20+/m0/s1. The lowest BCUT2D eigenvalue weighted by Crippen LogP contribution is -2.42. The molecule has 1 rings (SSSR count). The fourth-order valence-electron chi connectivity index (χ4n) is 3.08. The van der Waals surface area contributed by atoms with Crippen LogP contribution in [0.4, 0.5) is 0 Å². The Labute approximate surface area is 153 Å². The lowest BCUT2D eigenvalue weighted by atomic mass is 10.1. The van der Waals surface area contributed by atoms with Gasteiger partial charge in [0, 0.05) is 6.61 Å². The molecule has 0 unspecified atom stereocenters.